The van der Waals surface area contributed by atoms with Crippen molar-refractivity contribution in [3.8, 4) is 0 Å². The molecule has 0 nitrogen and oxygen atoms in total. The molecule has 0 N–H and O–H groups in total. The number of hydrogen-bond donors (Lipinski definition) is 0. The molecule has 0 aliphatic rings. The maximum Gasteiger partial charge on any atom is -0.0316 e. The highest BCUT2D eigenvalue weighted by Crippen LogP contribution is 1.95. The molecule has 0 aliphatic heterocycles. The molecule has 0 atom stereocenters. The Bertz CT molecular complexity index is 98.6. The molecule has 0 radical (unpaired) electrons. The Balaban J connectivity index is 3.02. The van der Waals surface area contributed by atoms with E-state index >= 15 is 0 Å². The summed E-state index contributed by atoms with van der Waals surface area (Å²) in [5, 5.41) is 0. The molecule has 10 heavy (non-hydrogen) atoms. The van der Waals surface area contributed by atoms with Gasteiger partial charge in [0.1, 0.15) is 0 Å². The van der Waals surface area contributed by atoms with Gasteiger partial charge in [0.2, 0.25) is 0 Å². The van der Waals surface area contributed by atoms with Crippen molar-refractivity contribution in [2.24, 2.45) is 0 Å². The molecule has 0 saturated heterocycles. The van der Waals surface area contributed by atoms with E-state index in [-0.39, 0.29) is 0 Å². The second-order valence-electron chi connectivity index (χ2n) is 2.41. The third-order valence-electron chi connectivity index (χ3n) is 1.36. The lowest BCUT2D eigenvalue weighted by atomic mass is 10.2. The van der Waals surface area contributed by atoms with E-state index in [0.717, 1.165) is 0 Å². The van der Waals surface area contributed by atoms with Crippen molar-refractivity contribution in [1.82, 2.24) is 0 Å². The van der Waals surface area contributed by atoms with Crippen LogP contribution in [0.1, 0.15) is 39.5 Å². The lowest BCUT2D eigenvalue weighted by Gasteiger charge is -1.85. The molecule has 0 unspecified atom stereocenters. The van der Waals surface area contributed by atoms with Gasteiger partial charge in [-0.1, -0.05) is 37.6 Å². The lowest BCUT2D eigenvalue weighted by molar-refractivity contribution is 0.943. The Morgan fingerprint density at radius 1 is 0.900 bits per heavy atom. The maximum absolute atomic E-state index is 2.27. The molecule has 0 aliphatic carbocycles. The molecule has 0 aromatic rings. The Labute approximate surface area is 64.6 Å². The smallest absolute Gasteiger partial charge is 0.0316 e. The monoisotopic (exact) mass is 138 g/mol. The zero-order valence-electron chi connectivity index (χ0n) is 7.14. The van der Waals surface area contributed by atoms with Crippen LogP contribution in [-0.2, 0) is 0 Å². The van der Waals surface area contributed by atoms with Crippen molar-refractivity contribution in [2.45, 2.75) is 39.5 Å². The average Bonchev–Trinajstić information content (AvgIpc) is 1.97. The minimum Gasteiger partial charge on any atom is -0.0917 e. The van der Waals surface area contributed by atoms with Crippen LogP contribution >= 0.6 is 0 Å². The van der Waals surface area contributed by atoms with Gasteiger partial charge in [-0.3, -0.25) is 0 Å². The molecular weight excluding hydrogens is 120 g/mol. The Morgan fingerprint density at radius 3 is 2.10 bits per heavy atom. The SMILES string of the molecule is CC=CCCC=CCCC. The van der Waals surface area contributed by atoms with Crippen LogP contribution in [0.4, 0.5) is 0 Å². The van der Waals surface area contributed by atoms with E-state index in [4.69, 9.17) is 0 Å². The maximum atomic E-state index is 2.27. The molecule has 58 valence electrons. The number of rotatable bonds is 5. The first-order valence-corrected chi connectivity index (χ1v) is 4.18. The van der Waals surface area contributed by atoms with Gasteiger partial charge in [0.15, 0.2) is 0 Å². The summed E-state index contributed by atoms with van der Waals surface area (Å²) in [5.74, 6) is 0. The van der Waals surface area contributed by atoms with Crippen LogP contribution < -0.4 is 0 Å². The summed E-state index contributed by atoms with van der Waals surface area (Å²) >= 11 is 0. The third kappa shape index (κ3) is 7.48. The number of allylic oxidation sites excluding steroid dienone is 4. The van der Waals surface area contributed by atoms with Crippen molar-refractivity contribution in [2.75, 3.05) is 0 Å². The predicted molar refractivity (Wildman–Crippen MR) is 48.1 cm³/mol. The summed E-state index contributed by atoms with van der Waals surface area (Å²) < 4.78 is 0. The zero-order chi connectivity index (χ0) is 7.66. The van der Waals surface area contributed by atoms with Crippen LogP contribution in [0, 0.1) is 0 Å². The third-order valence-corrected chi connectivity index (χ3v) is 1.36. The first-order chi connectivity index (χ1) is 4.91. The van der Waals surface area contributed by atoms with Gasteiger partial charge in [0, 0.05) is 0 Å². The van der Waals surface area contributed by atoms with Gasteiger partial charge < -0.3 is 0 Å². The van der Waals surface area contributed by atoms with Gasteiger partial charge in [-0.2, -0.15) is 0 Å². The first kappa shape index (κ1) is 9.48. The van der Waals surface area contributed by atoms with Gasteiger partial charge in [0.05, 0.1) is 0 Å². The molecule has 0 heteroatoms. The van der Waals surface area contributed by atoms with Crippen LogP contribution in [0.3, 0.4) is 0 Å². The highest BCUT2D eigenvalue weighted by Gasteiger charge is 1.74. The molecule has 0 rings (SSSR count). The minimum atomic E-state index is 1.19. The van der Waals surface area contributed by atoms with Gasteiger partial charge in [-0.15, -0.1) is 0 Å². The van der Waals surface area contributed by atoms with Crippen LogP contribution in [0.2, 0.25) is 0 Å². The minimum absolute atomic E-state index is 1.19. The molecule has 0 bridgehead atoms. The summed E-state index contributed by atoms with van der Waals surface area (Å²) in [6.45, 7) is 4.27. The summed E-state index contributed by atoms with van der Waals surface area (Å²) in [5.41, 5.74) is 0. The normalized spacial score (nSPS) is 11.8. The van der Waals surface area contributed by atoms with Gasteiger partial charge in [-0.25, -0.2) is 0 Å². The van der Waals surface area contributed by atoms with Gasteiger partial charge in [-0.05, 0) is 26.2 Å². The lowest BCUT2D eigenvalue weighted by Crippen LogP contribution is -1.65. The molecule has 0 fully saturated rings. The Morgan fingerprint density at radius 2 is 1.50 bits per heavy atom. The van der Waals surface area contributed by atoms with Gasteiger partial charge >= 0.3 is 0 Å². The fourth-order valence-corrected chi connectivity index (χ4v) is 0.761. The summed E-state index contributed by atoms with van der Waals surface area (Å²) in [7, 11) is 0. The second kappa shape index (κ2) is 8.48. The topological polar surface area (TPSA) is 0 Å². The van der Waals surface area contributed by atoms with Crippen LogP contribution in [0.25, 0.3) is 0 Å². The summed E-state index contributed by atoms with van der Waals surface area (Å²) in [6.07, 6.45) is 13.7. The fraction of sp³-hybridized carbons (Fsp3) is 0.600. The highest BCUT2D eigenvalue weighted by molar-refractivity contribution is 4.86. The largest absolute Gasteiger partial charge is 0.0917 e. The molecule has 0 heterocycles. The number of unbranched alkanes of at least 4 members (excludes halogenated alkanes) is 2. The van der Waals surface area contributed by atoms with E-state index in [1.54, 1.807) is 0 Å². The van der Waals surface area contributed by atoms with E-state index in [2.05, 4.69) is 38.2 Å². The average molecular weight is 138 g/mol. The zero-order valence-corrected chi connectivity index (χ0v) is 7.14. The summed E-state index contributed by atoms with van der Waals surface area (Å²) in [6, 6.07) is 0. The summed E-state index contributed by atoms with van der Waals surface area (Å²) in [4.78, 5) is 0. The van der Waals surface area contributed by atoms with E-state index in [9.17, 15) is 0 Å². The standard InChI is InChI=1S/C10H18/c1-3-5-7-9-10-8-6-4-2/h3,5,8,10H,4,6-7,9H2,1-2H3. The molecule has 0 aromatic heterocycles. The first-order valence-electron chi connectivity index (χ1n) is 4.18. The molecule has 0 saturated carbocycles. The highest BCUT2D eigenvalue weighted by atomic mass is 13.8. The molecule has 0 spiro atoms. The molecule has 0 amide bonds. The van der Waals surface area contributed by atoms with E-state index in [0.29, 0.717) is 0 Å². The van der Waals surface area contributed by atoms with E-state index < -0.39 is 0 Å². The van der Waals surface area contributed by atoms with Crippen molar-refractivity contribution in [3.05, 3.63) is 24.3 Å². The number of hydrogen-bond acceptors (Lipinski definition) is 0. The van der Waals surface area contributed by atoms with E-state index in [1.165, 1.54) is 25.7 Å². The van der Waals surface area contributed by atoms with E-state index in [1.807, 2.05) is 0 Å². The van der Waals surface area contributed by atoms with Crippen molar-refractivity contribution in [3.63, 3.8) is 0 Å². The van der Waals surface area contributed by atoms with Crippen molar-refractivity contribution < 1.29 is 0 Å². The van der Waals surface area contributed by atoms with Crippen LogP contribution in [0.15, 0.2) is 24.3 Å². The molecule has 0 aromatic carbocycles. The Hall–Kier alpha value is -0.520. The fourth-order valence-electron chi connectivity index (χ4n) is 0.761. The van der Waals surface area contributed by atoms with Gasteiger partial charge in [0.25, 0.3) is 0 Å². The predicted octanol–water partition coefficient (Wildman–Crippen LogP) is 3.70. The quantitative estimate of drug-likeness (QED) is 0.401. The molecular formula is C10H18. The van der Waals surface area contributed by atoms with Crippen LogP contribution in [-0.4, -0.2) is 0 Å². The Kier molecular flexibility index (Phi) is 8.04. The van der Waals surface area contributed by atoms with Crippen LogP contribution in [0.5, 0.6) is 0 Å². The second-order valence-corrected chi connectivity index (χ2v) is 2.41. The van der Waals surface area contributed by atoms with Crippen molar-refractivity contribution >= 4 is 0 Å². The van der Waals surface area contributed by atoms with Crippen molar-refractivity contribution in [1.29, 1.82) is 0 Å².